The molecule has 0 saturated heterocycles. The van der Waals surface area contributed by atoms with Gasteiger partial charge >= 0.3 is 0 Å². The first kappa shape index (κ1) is 21.5. The summed E-state index contributed by atoms with van der Waals surface area (Å²) in [7, 11) is -0.0120. The summed E-state index contributed by atoms with van der Waals surface area (Å²) in [6.07, 6.45) is 0. The molecule has 2 N–H and O–H groups in total. The zero-order valence-corrected chi connectivity index (χ0v) is 16.6. The van der Waals surface area contributed by atoms with Crippen molar-refractivity contribution in [3.8, 4) is 17.2 Å². The Hall–Kier alpha value is -2.85. The van der Waals surface area contributed by atoms with Crippen LogP contribution in [-0.4, -0.2) is 41.7 Å². The summed E-state index contributed by atoms with van der Waals surface area (Å²) in [5, 5.41) is 2.57. The van der Waals surface area contributed by atoms with Gasteiger partial charge in [-0.15, -0.1) is 0 Å². The topological polar surface area (TPSA) is 103 Å². The molecular formula is C18H21FN2O6S. The Morgan fingerprint density at radius 3 is 2.18 bits per heavy atom. The number of hydrogen-bond donors (Lipinski definition) is 2. The zero-order valence-electron chi connectivity index (χ0n) is 15.8. The fourth-order valence-corrected chi connectivity index (χ4v) is 3.76. The highest BCUT2D eigenvalue weighted by Crippen LogP contribution is 2.30. The minimum atomic E-state index is -4.21. The summed E-state index contributed by atoms with van der Waals surface area (Å²) in [6.45, 7) is 1.36. The van der Waals surface area contributed by atoms with Crippen LogP contribution in [0.1, 0.15) is 6.92 Å². The summed E-state index contributed by atoms with van der Waals surface area (Å²) in [6, 6.07) is 6.65. The molecule has 2 rings (SSSR count). The molecule has 10 heteroatoms. The number of benzene rings is 2. The number of carbonyl (C=O) groups excluding carboxylic acids is 1. The van der Waals surface area contributed by atoms with Crippen LogP contribution in [0.25, 0.3) is 0 Å². The third-order valence-corrected chi connectivity index (χ3v) is 5.35. The van der Waals surface area contributed by atoms with Crippen molar-refractivity contribution < 1.29 is 31.8 Å². The summed E-state index contributed by atoms with van der Waals surface area (Å²) in [4.78, 5) is 12.0. The average Bonchev–Trinajstić information content (AvgIpc) is 2.67. The third-order valence-electron chi connectivity index (χ3n) is 3.79. The molecule has 0 aliphatic heterocycles. The van der Waals surface area contributed by atoms with Crippen molar-refractivity contribution in [2.24, 2.45) is 0 Å². The number of rotatable bonds is 8. The van der Waals surface area contributed by atoms with Crippen LogP contribution in [0, 0.1) is 5.82 Å². The van der Waals surface area contributed by atoms with Gasteiger partial charge in [-0.05, 0) is 37.3 Å². The molecule has 2 aromatic carbocycles. The molecule has 0 heterocycles. The predicted molar refractivity (Wildman–Crippen MR) is 101 cm³/mol. The molecule has 0 radical (unpaired) electrons. The Morgan fingerprint density at radius 1 is 0.964 bits per heavy atom. The van der Waals surface area contributed by atoms with Crippen LogP contribution in [0.2, 0.25) is 0 Å². The van der Waals surface area contributed by atoms with E-state index in [1.54, 1.807) is 12.1 Å². The molecule has 8 nitrogen and oxygen atoms in total. The number of nitrogens with one attached hydrogen (secondary N) is 2. The van der Waals surface area contributed by atoms with Crippen LogP contribution < -0.4 is 24.2 Å². The molecule has 1 atom stereocenters. The Balaban J connectivity index is 2.17. The molecule has 0 bridgehead atoms. The molecule has 0 aromatic heterocycles. The molecule has 0 fully saturated rings. The lowest BCUT2D eigenvalue weighted by molar-refractivity contribution is -0.117. The highest BCUT2D eigenvalue weighted by molar-refractivity contribution is 7.89. The van der Waals surface area contributed by atoms with Crippen LogP contribution in [0.15, 0.2) is 41.3 Å². The number of anilines is 1. The monoisotopic (exact) mass is 412 g/mol. The normalized spacial score (nSPS) is 12.2. The fraction of sp³-hybridized carbons (Fsp3) is 0.278. The largest absolute Gasteiger partial charge is 0.495 e. The van der Waals surface area contributed by atoms with Gasteiger partial charge in [0.15, 0.2) is 11.5 Å². The minimum Gasteiger partial charge on any atom is -0.495 e. The van der Waals surface area contributed by atoms with Gasteiger partial charge in [0, 0.05) is 11.8 Å². The van der Waals surface area contributed by atoms with Crippen molar-refractivity contribution in [1.82, 2.24) is 4.72 Å². The van der Waals surface area contributed by atoms with Crippen molar-refractivity contribution in [2.45, 2.75) is 17.9 Å². The first-order valence-electron chi connectivity index (χ1n) is 8.10. The second-order valence-electron chi connectivity index (χ2n) is 5.70. The lowest BCUT2D eigenvalue weighted by Gasteiger charge is -2.16. The van der Waals surface area contributed by atoms with E-state index in [1.165, 1.54) is 40.4 Å². The predicted octanol–water partition coefficient (Wildman–Crippen LogP) is 2.16. The maximum Gasteiger partial charge on any atom is 0.245 e. The van der Waals surface area contributed by atoms with Gasteiger partial charge in [-0.2, -0.15) is 4.72 Å². The Labute approximate surface area is 162 Å². The Morgan fingerprint density at radius 2 is 1.57 bits per heavy atom. The number of ether oxygens (including phenoxy) is 3. The van der Waals surface area contributed by atoms with Crippen molar-refractivity contribution in [3.05, 3.63) is 42.2 Å². The van der Waals surface area contributed by atoms with E-state index < -0.39 is 32.7 Å². The van der Waals surface area contributed by atoms with Gasteiger partial charge in [0.25, 0.3) is 0 Å². The van der Waals surface area contributed by atoms with Crippen molar-refractivity contribution in [2.75, 3.05) is 26.6 Å². The molecule has 152 valence electrons. The van der Waals surface area contributed by atoms with Gasteiger partial charge in [-0.3, -0.25) is 4.79 Å². The Kier molecular flexibility index (Phi) is 6.81. The number of hydrogen-bond acceptors (Lipinski definition) is 6. The van der Waals surface area contributed by atoms with Crippen molar-refractivity contribution in [1.29, 1.82) is 0 Å². The minimum absolute atomic E-state index is 0.0404. The van der Waals surface area contributed by atoms with Gasteiger partial charge in [-0.25, -0.2) is 12.8 Å². The summed E-state index contributed by atoms with van der Waals surface area (Å²) < 4.78 is 56.0. The van der Waals surface area contributed by atoms with Crippen LogP contribution in [0.3, 0.4) is 0 Å². The fourth-order valence-electron chi connectivity index (χ4n) is 2.37. The highest BCUT2D eigenvalue weighted by Gasteiger charge is 2.26. The highest BCUT2D eigenvalue weighted by atomic mass is 32.2. The molecule has 1 unspecified atom stereocenters. The second-order valence-corrected chi connectivity index (χ2v) is 7.38. The van der Waals surface area contributed by atoms with E-state index in [1.807, 2.05) is 0 Å². The SMILES string of the molecule is COc1ccc(NC(=O)C(C)NS(=O)(=O)c2cc(F)ccc2OC)cc1OC. The average molecular weight is 412 g/mol. The summed E-state index contributed by atoms with van der Waals surface area (Å²) in [5.41, 5.74) is 0.386. The van der Waals surface area contributed by atoms with E-state index in [0.29, 0.717) is 17.2 Å². The van der Waals surface area contributed by atoms with Crippen LogP contribution >= 0.6 is 0 Å². The van der Waals surface area contributed by atoms with Gasteiger partial charge in [0.2, 0.25) is 15.9 Å². The van der Waals surface area contributed by atoms with E-state index in [-0.39, 0.29) is 5.75 Å². The van der Waals surface area contributed by atoms with E-state index in [4.69, 9.17) is 14.2 Å². The Bertz CT molecular complexity index is 965. The smallest absolute Gasteiger partial charge is 0.245 e. The number of amides is 1. The van der Waals surface area contributed by atoms with Gasteiger partial charge in [0.1, 0.15) is 16.5 Å². The zero-order chi connectivity index (χ0) is 20.9. The molecule has 0 spiro atoms. The van der Waals surface area contributed by atoms with Gasteiger partial charge < -0.3 is 19.5 Å². The molecule has 2 aromatic rings. The lowest BCUT2D eigenvalue weighted by Crippen LogP contribution is -2.41. The van der Waals surface area contributed by atoms with Gasteiger partial charge in [-0.1, -0.05) is 0 Å². The lowest BCUT2D eigenvalue weighted by atomic mass is 10.2. The quantitative estimate of drug-likeness (QED) is 0.689. The van der Waals surface area contributed by atoms with E-state index in [0.717, 1.165) is 12.1 Å². The van der Waals surface area contributed by atoms with Crippen molar-refractivity contribution >= 4 is 21.6 Å². The second kappa shape index (κ2) is 8.89. The van der Waals surface area contributed by atoms with E-state index in [2.05, 4.69) is 10.0 Å². The number of sulfonamides is 1. The van der Waals surface area contributed by atoms with Gasteiger partial charge in [0.05, 0.1) is 27.4 Å². The molecule has 0 aliphatic carbocycles. The number of methoxy groups -OCH3 is 3. The summed E-state index contributed by atoms with van der Waals surface area (Å²) in [5.74, 6) is -0.526. The maximum absolute atomic E-state index is 13.5. The number of carbonyl (C=O) groups is 1. The maximum atomic E-state index is 13.5. The van der Waals surface area contributed by atoms with E-state index in [9.17, 15) is 17.6 Å². The van der Waals surface area contributed by atoms with Crippen LogP contribution in [-0.2, 0) is 14.8 Å². The first-order chi connectivity index (χ1) is 13.2. The molecule has 1 amide bonds. The van der Waals surface area contributed by atoms with E-state index >= 15 is 0 Å². The summed E-state index contributed by atoms with van der Waals surface area (Å²) >= 11 is 0. The standard InChI is InChI=1S/C18H21FN2O6S/c1-11(18(22)20-13-6-8-14(25-2)16(10-13)27-4)21-28(23,24)17-9-12(19)5-7-15(17)26-3/h5-11,21H,1-4H3,(H,20,22). The van der Waals surface area contributed by atoms with Crippen LogP contribution in [0.4, 0.5) is 10.1 Å². The van der Waals surface area contributed by atoms with Crippen molar-refractivity contribution in [3.63, 3.8) is 0 Å². The molecule has 0 saturated carbocycles. The first-order valence-corrected chi connectivity index (χ1v) is 9.59. The van der Waals surface area contributed by atoms with Crippen LogP contribution in [0.5, 0.6) is 17.2 Å². The molecular weight excluding hydrogens is 391 g/mol. The third kappa shape index (κ3) is 4.90. The molecule has 28 heavy (non-hydrogen) atoms. The molecule has 0 aliphatic rings. The number of halogens is 1.